The SMILES string of the molecule is CCNC(CNC(=O)C1=C/C=C\C=C/C=C\1)C(=O)O. The Labute approximate surface area is 112 Å². The van der Waals surface area contributed by atoms with Crippen LogP contribution in [0.3, 0.4) is 0 Å². The number of carboxylic acids is 1. The molecule has 1 amide bonds. The first-order valence-electron chi connectivity index (χ1n) is 6.11. The molecule has 3 N–H and O–H groups in total. The summed E-state index contributed by atoms with van der Waals surface area (Å²) in [6.45, 7) is 2.39. The molecule has 0 saturated carbocycles. The van der Waals surface area contributed by atoms with Crippen molar-refractivity contribution >= 4 is 11.9 Å². The van der Waals surface area contributed by atoms with Crippen LogP contribution in [0.4, 0.5) is 0 Å². The van der Waals surface area contributed by atoms with Crippen molar-refractivity contribution in [3.63, 3.8) is 0 Å². The maximum atomic E-state index is 11.9. The first-order chi connectivity index (χ1) is 9.15. The number of carbonyl (C=O) groups is 2. The van der Waals surface area contributed by atoms with Crippen molar-refractivity contribution in [1.82, 2.24) is 10.6 Å². The first kappa shape index (κ1) is 14.9. The largest absolute Gasteiger partial charge is 0.480 e. The molecule has 1 atom stereocenters. The Morgan fingerprint density at radius 2 is 1.89 bits per heavy atom. The van der Waals surface area contributed by atoms with Gasteiger partial charge in [-0.3, -0.25) is 9.59 Å². The molecule has 0 aromatic heterocycles. The standard InChI is InChI=1S/C14H18N2O3/c1-2-15-12(14(18)19)10-16-13(17)11-8-6-4-3-5-7-9-11/h3-9,12,15H,2,10H2,1H3,(H,16,17)(H,18,19)/b4-3-,5-3?,6-4?,7-5-,8-6-,9-7?,11-8?,11-9+. The molecule has 0 radical (unpaired) electrons. The highest BCUT2D eigenvalue weighted by atomic mass is 16.4. The number of likely N-dealkylation sites (N-methyl/N-ethyl adjacent to an activating group) is 1. The van der Waals surface area contributed by atoms with Gasteiger partial charge in [0.2, 0.25) is 0 Å². The summed E-state index contributed by atoms with van der Waals surface area (Å²) in [5.74, 6) is -1.27. The molecule has 1 rings (SSSR count). The molecule has 0 aliphatic heterocycles. The molecule has 19 heavy (non-hydrogen) atoms. The summed E-state index contributed by atoms with van der Waals surface area (Å²) in [4.78, 5) is 22.8. The minimum atomic E-state index is -0.979. The lowest BCUT2D eigenvalue weighted by Crippen LogP contribution is -2.46. The summed E-state index contributed by atoms with van der Waals surface area (Å²) < 4.78 is 0. The van der Waals surface area contributed by atoms with Gasteiger partial charge in [0, 0.05) is 12.1 Å². The van der Waals surface area contributed by atoms with E-state index < -0.39 is 12.0 Å². The Morgan fingerprint density at radius 3 is 2.58 bits per heavy atom. The highest BCUT2D eigenvalue weighted by molar-refractivity contribution is 5.96. The van der Waals surface area contributed by atoms with Crippen molar-refractivity contribution in [3.8, 4) is 0 Å². The zero-order valence-electron chi connectivity index (χ0n) is 10.8. The molecular weight excluding hydrogens is 244 g/mol. The van der Waals surface area contributed by atoms with Crippen LogP contribution >= 0.6 is 0 Å². The van der Waals surface area contributed by atoms with E-state index in [1.807, 2.05) is 25.2 Å². The molecule has 0 saturated heterocycles. The molecule has 102 valence electrons. The third-order valence-electron chi connectivity index (χ3n) is 2.47. The number of amides is 1. The minimum absolute atomic E-state index is 0.0484. The van der Waals surface area contributed by atoms with Gasteiger partial charge >= 0.3 is 5.97 Å². The van der Waals surface area contributed by atoms with E-state index in [1.54, 1.807) is 24.3 Å². The lowest BCUT2D eigenvalue weighted by molar-refractivity contribution is -0.139. The smallest absolute Gasteiger partial charge is 0.322 e. The van der Waals surface area contributed by atoms with Crippen molar-refractivity contribution in [1.29, 1.82) is 0 Å². The number of hydrogen-bond donors (Lipinski definition) is 3. The monoisotopic (exact) mass is 262 g/mol. The molecule has 0 heterocycles. The van der Waals surface area contributed by atoms with Crippen LogP contribution in [0.25, 0.3) is 0 Å². The number of carboxylic acid groups (broad SMARTS) is 1. The molecular formula is C14H18N2O3. The predicted molar refractivity (Wildman–Crippen MR) is 73.6 cm³/mol. The number of allylic oxidation sites excluding steroid dienone is 6. The number of carbonyl (C=O) groups excluding carboxylic acids is 1. The molecule has 1 unspecified atom stereocenters. The second-order valence-electron chi connectivity index (χ2n) is 3.91. The van der Waals surface area contributed by atoms with Crippen molar-refractivity contribution in [2.45, 2.75) is 13.0 Å². The Kier molecular flexibility index (Phi) is 6.32. The van der Waals surface area contributed by atoms with Crippen LogP contribution in [0.1, 0.15) is 6.92 Å². The van der Waals surface area contributed by atoms with Crippen molar-refractivity contribution in [2.75, 3.05) is 13.1 Å². The van der Waals surface area contributed by atoms with Crippen LogP contribution in [-0.4, -0.2) is 36.1 Å². The van der Waals surface area contributed by atoms with Crippen LogP contribution in [0.15, 0.2) is 48.1 Å². The molecule has 1 aliphatic rings. The molecule has 0 aromatic carbocycles. The first-order valence-corrected chi connectivity index (χ1v) is 6.11. The van der Waals surface area contributed by atoms with Gasteiger partial charge in [-0.05, 0) is 18.7 Å². The normalized spacial score (nSPS) is 23.1. The molecule has 5 nitrogen and oxygen atoms in total. The third-order valence-corrected chi connectivity index (χ3v) is 2.47. The van der Waals surface area contributed by atoms with E-state index in [-0.39, 0.29) is 12.5 Å². The van der Waals surface area contributed by atoms with Crippen LogP contribution in [0.2, 0.25) is 0 Å². The van der Waals surface area contributed by atoms with Gasteiger partial charge in [0.05, 0.1) is 0 Å². The van der Waals surface area contributed by atoms with Gasteiger partial charge < -0.3 is 15.7 Å². The summed E-state index contributed by atoms with van der Waals surface area (Å²) in [7, 11) is 0. The van der Waals surface area contributed by atoms with E-state index in [0.29, 0.717) is 12.1 Å². The average molecular weight is 262 g/mol. The Hall–Kier alpha value is -2.14. The lowest BCUT2D eigenvalue weighted by Gasteiger charge is -2.14. The third kappa shape index (κ3) is 5.35. The summed E-state index contributed by atoms with van der Waals surface area (Å²) in [5.41, 5.74) is 0.487. The van der Waals surface area contributed by atoms with Gasteiger partial charge in [-0.2, -0.15) is 0 Å². The van der Waals surface area contributed by atoms with E-state index in [0.717, 1.165) is 0 Å². The fraction of sp³-hybridized carbons (Fsp3) is 0.286. The second-order valence-corrected chi connectivity index (χ2v) is 3.91. The van der Waals surface area contributed by atoms with Gasteiger partial charge in [0.25, 0.3) is 5.91 Å². The molecule has 5 heteroatoms. The highest BCUT2D eigenvalue weighted by Crippen LogP contribution is 2.01. The average Bonchev–Trinajstić information content (AvgIpc) is 2.33. The maximum Gasteiger partial charge on any atom is 0.322 e. The fourth-order valence-electron chi connectivity index (χ4n) is 1.51. The zero-order valence-corrected chi connectivity index (χ0v) is 10.8. The minimum Gasteiger partial charge on any atom is -0.480 e. The molecule has 0 aromatic rings. The van der Waals surface area contributed by atoms with Crippen molar-refractivity contribution in [3.05, 3.63) is 48.1 Å². The second kappa shape index (κ2) is 8.05. The van der Waals surface area contributed by atoms with Gasteiger partial charge in [0.15, 0.2) is 0 Å². The number of aliphatic carboxylic acids is 1. The van der Waals surface area contributed by atoms with Crippen LogP contribution < -0.4 is 10.6 Å². The fourth-order valence-corrected chi connectivity index (χ4v) is 1.51. The summed E-state index contributed by atoms with van der Waals surface area (Å²) in [6.07, 6.45) is 12.4. The molecule has 0 bridgehead atoms. The Balaban J connectivity index is 2.57. The summed E-state index contributed by atoms with van der Waals surface area (Å²) in [6, 6.07) is -0.775. The maximum absolute atomic E-state index is 11.9. The van der Waals surface area contributed by atoms with Crippen LogP contribution in [0, 0.1) is 0 Å². The topological polar surface area (TPSA) is 78.4 Å². The van der Waals surface area contributed by atoms with Gasteiger partial charge in [-0.25, -0.2) is 0 Å². The van der Waals surface area contributed by atoms with E-state index in [9.17, 15) is 9.59 Å². The van der Waals surface area contributed by atoms with Crippen molar-refractivity contribution < 1.29 is 14.7 Å². The summed E-state index contributed by atoms with van der Waals surface area (Å²) in [5, 5.41) is 14.3. The van der Waals surface area contributed by atoms with E-state index in [1.165, 1.54) is 0 Å². The van der Waals surface area contributed by atoms with E-state index in [4.69, 9.17) is 5.11 Å². The molecule has 0 fully saturated rings. The van der Waals surface area contributed by atoms with Crippen molar-refractivity contribution in [2.24, 2.45) is 0 Å². The van der Waals surface area contributed by atoms with Gasteiger partial charge in [-0.1, -0.05) is 37.3 Å². The quantitative estimate of drug-likeness (QED) is 0.661. The number of nitrogens with one attached hydrogen (secondary N) is 2. The predicted octanol–water partition coefficient (Wildman–Crippen LogP) is 0.774. The van der Waals surface area contributed by atoms with Gasteiger partial charge in [0.1, 0.15) is 6.04 Å². The summed E-state index contributed by atoms with van der Waals surface area (Å²) >= 11 is 0. The van der Waals surface area contributed by atoms with Gasteiger partial charge in [-0.15, -0.1) is 0 Å². The molecule has 1 aliphatic carbocycles. The number of hydrogen-bond acceptors (Lipinski definition) is 3. The number of rotatable bonds is 6. The highest BCUT2D eigenvalue weighted by Gasteiger charge is 2.17. The lowest BCUT2D eigenvalue weighted by atomic mass is 10.1. The van der Waals surface area contributed by atoms with E-state index in [2.05, 4.69) is 10.6 Å². The van der Waals surface area contributed by atoms with Crippen LogP contribution in [0.5, 0.6) is 0 Å². The zero-order chi connectivity index (χ0) is 14.1. The Morgan fingerprint density at radius 1 is 1.21 bits per heavy atom. The Bertz CT molecular complexity index is 448. The molecule has 0 spiro atoms. The van der Waals surface area contributed by atoms with Crippen LogP contribution in [-0.2, 0) is 9.59 Å². The van der Waals surface area contributed by atoms with E-state index >= 15 is 0 Å².